The first kappa shape index (κ1) is 17.7. The third-order valence-corrected chi connectivity index (χ3v) is 2.34. The van der Waals surface area contributed by atoms with Gasteiger partial charge in [0.05, 0.1) is 5.57 Å². The molecule has 0 amide bonds. The van der Waals surface area contributed by atoms with Crippen LogP contribution in [0.25, 0.3) is 0 Å². The quantitative estimate of drug-likeness (QED) is 0.505. The monoisotopic (exact) mass is 273 g/mol. The third-order valence-electron chi connectivity index (χ3n) is 2.34. The second-order valence-electron chi connectivity index (χ2n) is 3.62. The number of carbonyl (C=O) groups is 1. The Labute approximate surface area is 121 Å². The minimum Gasteiger partial charge on any atom is -0.457 e. The minimum absolute atomic E-state index is 0.227. The molecule has 20 heavy (non-hydrogen) atoms. The van der Waals surface area contributed by atoms with E-state index >= 15 is 0 Å². The summed E-state index contributed by atoms with van der Waals surface area (Å²) in [4.78, 5) is 11.8. The van der Waals surface area contributed by atoms with E-state index in [0.29, 0.717) is 11.3 Å². The summed E-state index contributed by atoms with van der Waals surface area (Å²) < 4.78 is 5.19. The van der Waals surface area contributed by atoms with E-state index in [1.807, 2.05) is 44.2 Å². The highest BCUT2D eigenvalue weighted by molar-refractivity contribution is 5.93. The van der Waals surface area contributed by atoms with Crippen LogP contribution < -0.4 is 5.73 Å². The Morgan fingerprint density at radius 3 is 2.40 bits per heavy atom. The van der Waals surface area contributed by atoms with Gasteiger partial charge in [-0.15, -0.1) is 0 Å². The Kier molecular flexibility index (Phi) is 9.40. The van der Waals surface area contributed by atoms with Gasteiger partial charge >= 0.3 is 5.97 Å². The molecule has 0 aromatic heterocycles. The molecule has 108 valence electrons. The van der Waals surface area contributed by atoms with E-state index < -0.39 is 5.97 Å². The number of benzene rings is 1. The van der Waals surface area contributed by atoms with Gasteiger partial charge in [0.1, 0.15) is 6.61 Å². The zero-order chi connectivity index (χ0) is 15.4. The molecule has 0 unspecified atom stereocenters. The molecule has 1 aromatic carbocycles. The molecule has 1 aromatic rings. The molecule has 0 aliphatic rings. The average Bonchev–Trinajstić information content (AvgIpc) is 2.52. The molecule has 0 spiro atoms. The lowest BCUT2D eigenvalue weighted by Crippen LogP contribution is -2.14. The topological polar surface area (TPSA) is 52.3 Å². The van der Waals surface area contributed by atoms with E-state index in [4.69, 9.17) is 10.5 Å². The van der Waals surface area contributed by atoms with Crippen LogP contribution in [-0.2, 0) is 16.1 Å². The molecule has 0 aliphatic heterocycles. The molecule has 3 heteroatoms. The summed E-state index contributed by atoms with van der Waals surface area (Å²) in [6, 6.07) is 9.48. The smallest absolute Gasteiger partial charge is 0.340 e. The number of hydrogen-bond donors (Lipinski definition) is 1. The van der Waals surface area contributed by atoms with Crippen molar-refractivity contribution in [2.75, 3.05) is 0 Å². The molecule has 0 radical (unpaired) electrons. The fourth-order valence-electron chi connectivity index (χ4n) is 1.36. The van der Waals surface area contributed by atoms with Gasteiger partial charge in [-0.3, -0.25) is 0 Å². The Morgan fingerprint density at radius 1 is 1.30 bits per heavy atom. The molecule has 0 heterocycles. The first-order chi connectivity index (χ1) is 9.69. The molecule has 1 rings (SSSR count). The highest BCUT2D eigenvalue weighted by Gasteiger charge is 2.12. The van der Waals surface area contributed by atoms with E-state index in [1.165, 1.54) is 6.08 Å². The van der Waals surface area contributed by atoms with Crippen molar-refractivity contribution in [3.63, 3.8) is 0 Å². The van der Waals surface area contributed by atoms with Crippen molar-refractivity contribution in [1.82, 2.24) is 0 Å². The summed E-state index contributed by atoms with van der Waals surface area (Å²) in [5.41, 5.74) is 7.36. The van der Waals surface area contributed by atoms with Gasteiger partial charge in [0.25, 0.3) is 0 Å². The molecule has 3 nitrogen and oxygen atoms in total. The predicted octanol–water partition coefficient (Wildman–Crippen LogP) is 3.73. The van der Waals surface area contributed by atoms with Gasteiger partial charge in [-0.25, -0.2) is 4.79 Å². The molecule has 0 aliphatic carbocycles. The maximum absolute atomic E-state index is 11.8. The van der Waals surface area contributed by atoms with Gasteiger partial charge in [-0.05, 0) is 18.6 Å². The summed E-state index contributed by atoms with van der Waals surface area (Å²) >= 11 is 0. The number of carbonyl (C=O) groups excluding carboxylic acids is 1. The van der Waals surface area contributed by atoms with E-state index in [1.54, 1.807) is 19.1 Å². The van der Waals surface area contributed by atoms with Gasteiger partial charge < -0.3 is 10.5 Å². The molecular formula is C17H23NO2. The van der Waals surface area contributed by atoms with Gasteiger partial charge in [0.15, 0.2) is 0 Å². The number of rotatable bonds is 5. The first-order valence-electron chi connectivity index (χ1n) is 6.65. The summed E-state index contributed by atoms with van der Waals surface area (Å²) in [7, 11) is 0. The maximum Gasteiger partial charge on any atom is 0.340 e. The van der Waals surface area contributed by atoms with Crippen molar-refractivity contribution in [1.29, 1.82) is 0 Å². The van der Waals surface area contributed by atoms with Crippen molar-refractivity contribution >= 4 is 5.97 Å². The van der Waals surface area contributed by atoms with Crippen LogP contribution >= 0.6 is 0 Å². The van der Waals surface area contributed by atoms with Crippen molar-refractivity contribution < 1.29 is 9.53 Å². The number of hydrogen-bond acceptors (Lipinski definition) is 3. The van der Waals surface area contributed by atoms with Crippen LogP contribution in [0.2, 0.25) is 0 Å². The van der Waals surface area contributed by atoms with Gasteiger partial charge in [-0.2, -0.15) is 0 Å². The molecule has 0 bridgehead atoms. The highest BCUT2D eigenvalue weighted by atomic mass is 16.5. The van der Waals surface area contributed by atoms with Crippen molar-refractivity contribution in [3.05, 3.63) is 72.0 Å². The van der Waals surface area contributed by atoms with E-state index in [9.17, 15) is 4.79 Å². The SMILES string of the molecule is C=C/C=C(C(=O)OCc1ccccc1)\C(N)=C/C.CC. The highest BCUT2D eigenvalue weighted by Crippen LogP contribution is 2.09. The predicted molar refractivity (Wildman–Crippen MR) is 83.8 cm³/mol. The minimum atomic E-state index is -0.450. The summed E-state index contributed by atoms with van der Waals surface area (Å²) in [5, 5.41) is 0. The second kappa shape index (κ2) is 10.6. The summed E-state index contributed by atoms with van der Waals surface area (Å²) in [6.45, 7) is 9.54. The number of nitrogens with two attached hydrogens (primary N) is 1. The van der Waals surface area contributed by atoms with Crippen LogP contribution in [0.4, 0.5) is 0 Å². The van der Waals surface area contributed by atoms with Crippen molar-refractivity contribution in [2.24, 2.45) is 5.73 Å². The summed E-state index contributed by atoms with van der Waals surface area (Å²) in [5.74, 6) is -0.450. The zero-order valence-electron chi connectivity index (χ0n) is 12.4. The lowest BCUT2D eigenvalue weighted by atomic mass is 10.1. The Balaban J connectivity index is 0.00000172. The van der Waals surface area contributed by atoms with E-state index in [2.05, 4.69) is 6.58 Å². The molecule has 0 saturated carbocycles. The van der Waals surface area contributed by atoms with E-state index in [0.717, 1.165) is 5.56 Å². The number of allylic oxidation sites excluding steroid dienone is 3. The second-order valence-corrected chi connectivity index (χ2v) is 3.62. The fraction of sp³-hybridized carbons (Fsp3) is 0.235. The Morgan fingerprint density at radius 2 is 1.90 bits per heavy atom. The standard InChI is InChI=1S/C15H17NO2.C2H6/c1-3-8-13(14(16)4-2)15(17)18-11-12-9-6-5-7-10-12;1-2/h3-10H,1,11,16H2,2H3;1-2H3/b13-8+,14-4+;. The van der Waals surface area contributed by atoms with Crippen LogP contribution in [0, 0.1) is 0 Å². The van der Waals surface area contributed by atoms with Gasteiger partial charge in [0, 0.05) is 5.70 Å². The van der Waals surface area contributed by atoms with Crippen LogP contribution in [0.5, 0.6) is 0 Å². The first-order valence-corrected chi connectivity index (χ1v) is 6.65. The molecule has 0 saturated heterocycles. The fourth-order valence-corrected chi connectivity index (χ4v) is 1.36. The van der Waals surface area contributed by atoms with Crippen LogP contribution in [0.3, 0.4) is 0 Å². The normalized spacial score (nSPS) is 11.2. The largest absolute Gasteiger partial charge is 0.457 e. The van der Waals surface area contributed by atoms with Crippen LogP contribution in [0.1, 0.15) is 26.3 Å². The third kappa shape index (κ3) is 6.05. The summed E-state index contributed by atoms with van der Waals surface area (Å²) in [6.07, 6.45) is 4.71. The lowest BCUT2D eigenvalue weighted by molar-refractivity contribution is -0.140. The van der Waals surface area contributed by atoms with Crippen LogP contribution in [-0.4, -0.2) is 5.97 Å². The number of ether oxygens (including phenoxy) is 1. The van der Waals surface area contributed by atoms with Gasteiger partial charge in [-0.1, -0.05) is 62.9 Å². The van der Waals surface area contributed by atoms with Crippen molar-refractivity contribution in [2.45, 2.75) is 27.4 Å². The van der Waals surface area contributed by atoms with Crippen LogP contribution in [0.15, 0.2) is 66.4 Å². The zero-order valence-corrected chi connectivity index (χ0v) is 12.4. The molecule has 2 N–H and O–H groups in total. The Bertz CT molecular complexity index is 473. The average molecular weight is 273 g/mol. The molecular weight excluding hydrogens is 250 g/mol. The molecule has 0 fully saturated rings. The van der Waals surface area contributed by atoms with Gasteiger partial charge in [0.2, 0.25) is 0 Å². The Hall–Kier alpha value is -2.29. The maximum atomic E-state index is 11.8. The van der Waals surface area contributed by atoms with Crippen molar-refractivity contribution in [3.8, 4) is 0 Å². The molecule has 0 atom stereocenters. The lowest BCUT2D eigenvalue weighted by Gasteiger charge is -2.08. The number of esters is 1. The van der Waals surface area contributed by atoms with E-state index in [-0.39, 0.29) is 6.61 Å².